The standard InChI is InChI=1S/C22H17N5O2.C21H17BrN4O2/c1-29-21-12-5-4-11-20(21)26-15-18(17-9-6-7-13-24-17)25-27(22(26)28)19-10-3-2-8-16(19)14-23;1-28-20-12-5-4-11-19(20)25-14-17(16-9-6-7-13-23-16)24-26(21(25)27)18-10-3-2-8-15(18)22/h2-13H,15H2,1H3;2-13H,14H2,1H3. The minimum Gasteiger partial charge on any atom is -0.495 e. The van der Waals surface area contributed by atoms with Crippen LogP contribution in [0.3, 0.4) is 0 Å². The normalized spacial score (nSPS) is 13.9. The third-order valence-electron chi connectivity index (χ3n) is 8.89. The average Bonchev–Trinajstić information content (AvgIpc) is 3.27. The molecule has 0 N–H and O–H groups in total. The summed E-state index contributed by atoms with van der Waals surface area (Å²) >= 11 is 3.52. The van der Waals surface area contributed by atoms with E-state index in [0.717, 1.165) is 4.47 Å². The molecule has 2 aromatic heterocycles. The topological polar surface area (TPSA) is 140 Å². The Balaban J connectivity index is 0.000000174. The van der Waals surface area contributed by atoms with Gasteiger partial charge in [0, 0.05) is 16.9 Å². The Kier molecular flexibility index (Phi) is 11.6. The molecule has 13 nitrogen and oxygen atoms in total. The number of hydrogen-bond acceptors (Lipinski definition) is 9. The fourth-order valence-corrected chi connectivity index (χ4v) is 6.61. The molecule has 6 aromatic rings. The SMILES string of the molecule is COc1ccccc1N1CC(c2ccccn2)=NN(c2ccccc2Br)C1=O.COc1ccccc1N1CC(c2ccccn2)=NN(c2ccccc2C#N)C1=O. The number of nitrogens with zero attached hydrogens (tertiary/aromatic N) is 9. The number of aromatic nitrogens is 2. The van der Waals surface area contributed by atoms with Crippen molar-refractivity contribution in [3.63, 3.8) is 0 Å². The zero-order chi connectivity index (χ0) is 39.7. The third kappa shape index (κ3) is 8.05. The molecule has 0 saturated carbocycles. The van der Waals surface area contributed by atoms with Crippen LogP contribution in [0.5, 0.6) is 11.5 Å². The molecule has 2 aliphatic heterocycles. The summed E-state index contributed by atoms with van der Waals surface area (Å²) < 4.78 is 11.7. The number of methoxy groups -OCH3 is 2. The van der Waals surface area contributed by atoms with Crippen molar-refractivity contribution < 1.29 is 19.1 Å². The van der Waals surface area contributed by atoms with Gasteiger partial charge >= 0.3 is 12.1 Å². The molecule has 282 valence electrons. The highest BCUT2D eigenvalue weighted by atomic mass is 79.9. The first kappa shape index (κ1) is 37.9. The number of hydrazone groups is 2. The number of anilines is 4. The third-order valence-corrected chi connectivity index (χ3v) is 9.56. The van der Waals surface area contributed by atoms with Crippen molar-refractivity contribution in [1.82, 2.24) is 9.97 Å². The number of pyridine rings is 2. The first-order valence-corrected chi connectivity index (χ1v) is 18.4. The van der Waals surface area contributed by atoms with Crippen LogP contribution in [0, 0.1) is 11.3 Å². The molecule has 0 radical (unpaired) electrons. The van der Waals surface area contributed by atoms with Crippen LogP contribution < -0.4 is 29.3 Å². The number of carbonyl (C=O) groups excluding carboxylic acids is 2. The van der Waals surface area contributed by atoms with Crippen molar-refractivity contribution in [2.75, 3.05) is 47.1 Å². The summed E-state index contributed by atoms with van der Waals surface area (Å²) in [5.41, 5.74) is 5.36. The van der Waals surface area contributed by atoms with Gasteiger partial charge in [0.1, 0.15) is 29.0 Å². The van der Waals surface area contributed by atoms with E-state index in [1.54, 1.807) is 66.7 Å². The highest BCUT2D eigenvalue weighted by molar-refractivity contribution is 9.10. The highest BCUT2D eigenvalue weighted by Crippen LogP contribution is 2.35. The van der Waals surface area contributed by atoms with E-state index in [0.29, 0.717) is 62.6 Å². The van der Waals surface area contributed by atoms with Crippen LogP contribution in [0.1, 0.15) is 17.0 Å². The maximum atomic E-state index is 13.4. The molecule has 0 aliphatic carbocycles. The fraction of sp³-hybridized carbons (Fsp3) is 0.0930. The lowest BCUT2D eigenvalue weighted by atomic mass is 10.1. The maximum absolute atomic E-state index is 13.4. The summed E-state index contributed by atoms with van der Waals surface area (Å²) in [6, 6.07) is 41.7. The molecule has 8 rings (SSSR count). The van der Waals surface area contributed by atoms with Crippen LogP contribution in [0.4, 0.5) is 32.3 Å². The van der Waals surface area contributed by atoms with Gasteiger partial charge in [-0.25, -0.2) is 9.59 Å². The number of ether oxygens (including phenoxy) is 2. The van der Waals surface area contributed by atoms with E-state index in [2.05, 4.69) is 42.2 Å². The zero-order valence-electron chi connectivity index (χ0n) is 30.8. The van der Waals surface area contributed by atoms with Crippen molar-refractivity contribution in [2.24, 2.45) is 10.2 Å². The minimum absolute atomic E-state index is 0.224. The molecular weight excluding hydrogens is 786 g/mol. The van der Waals surface area contributed by atoms with Crippen LogP contribution in [0.15, 0.2) is 161 Å². The second kappa shape index (κ2) is 17.4. The largest absolute Gasteiger partial charge is 0.495 e. The van der Waals surface area contributed by atoms with E-state index in [4.69, 9.17) is 9.47 Å². The Labute approximate surface area is 337 Å². The number of para-hydroxylation sites is 6. The summed E-state index contributed by atoms with van der Waals surface area (Å²) in [6.45, 7) is 0.513. The van der Waals surface area contributed by atoms with Crippen LogP contribution in [-0.4, -0.2) is 60.8 Å². The number of amides is 4. The Morgan fingerprint density at radius 1 is 0.561 bits per heavy atom. The van der Waals surface area contributed by atoms with E-state index >= 15 is 0 Å². The summed E-state index contributed by atoms with van der Waals surface area (Å²) in [7, 11) is 3.15. The summed E-state index contributed by atoms with van der Waals surface area (Å²) in [4.78, 5) is 38.8. The van der Waals surface area contributed by atoms with Crippen molar-refractivity contribution in [3.8, 4) is 17.6 Å². The first-order chi connectivity index (χ1) is 27.9. The van der Waals surface area contributed by atoms with Gasteiger partial charge in [-0.1, -0.05) is 60.7 Å². The summed E-state index contributed by atoms with van der Waals surface area (Å²) in [5, 5.41) is 21.3. The molecule has 4 aromatic carbocycles. The van der Waals surface area contributed by atoms with Crippen LogP contribution in [-0.2, 0) is 0 Å². The molecule has 0 unspecified atom stereocenters. The second-order valence-corrected chi connectivity index (χ2v) is 13.2. The number of halogens is 1. The van der Waals surface area contributed by atoms with Crippen molar-refractivity contribution in [2.45, 2.75) is 0 Å². The number of nitriles is 1. The molecule has 4 heterocycles. The Hall–Kier alpha value is -7.37. The fourth-order valence-electron chi connectivity index (χ4n) is 6.16. The summed E-state index contributed by atoms with van der Waals surface area (Å²) in [6.07, 6.45) is 3.39. The van der Waals surface area contributed by atoms with Gasteiger partial charge in [-0.15, -0.1) is 0 Å². The van der Waals surface area contributed by atoms with Gasteiger partial charge in [-0.05, 0) is 88.7 Å². The van der Waals surface area contributed by atoms with E-state index < -0.39 is 0 Å². The van der Waals surface area contributed by atoms with Gasteiger partial charge in [0.05, 0.1) is 67.0 Å². The number of rotatable bonds is 8. The van der Waals surface area contributed by atoms with Gasteiger partial charge in [-0.2, -0.15) is 25.5 Å². The van der Waals surface area contributed by atoms with E-state index in [1.165, 1.54) is 10.0 Å². The van der Waals surface area contributed by atoms with Gasteiger partial charge in [0.2, 0.25) is 0 Å². The van der Waals surface area contributed by atoms with Gasteiger partial charge in [0.25, 0.3) is 0 Å². The molecule has 14 heteroatoms. The Bertz CT molecular complexity index is 2510. The van der Waals surface area contributed by atoms with Crippen molar-refractivity contribution in [3.05, 3.63) is 167 Å². The Morgan fingerprint density at radius 3 is 1.44 bits per heavy atom. The molecule has 2 aliphatic rings. The van der Waals surface area contributed by atoms with Crippen LogP contribution in [0.25, 0.3) is 0 Å². The van der Waals surface area contributed by atoms with E-state index in [9.17, 15) is 14.9 Å². The molecular formula is C43H34BrN9O4. The molecule has 0 fully saturated rings. The predicted octanol–water partition coefficient (Wildman–Crippen LogP) is 8.52. The number of hydrogen-bond donors (Lipinski definition) is 0. The lowest BCUT2D eigenvalue weighted by Crippen LogP contribution is -2.49. The van der Waals surface area contributed by atoms with E-state index in [1.807, 2.05) is 103 Å². The van der Waals surface area contributed by atoms with Gasteiger partial charge in [-0.3, -0.25) is 19.8 Å². The number of urea groups is 2. The van der Waals surface area contributed by atoms with Crippen molar-refractivity contribution >= 4 is 62.2 Å². The predicted molar refractivity (Wildman–Crippen MR) is 223 cm³/mol. The van der Waals surface area contributed by atoms with Crippen molar-refractivity contribution in [1.29, 1.82) is 5.26 Å². The van der Waals surface area contributed by atoms with Gasteiger partial charge < -0.3 is 9.47 Å². The maximum Gasteiger partial charge on any atom is 0.350 e. The number of benzene rings is 4. The minimum atomic E-state index is -0.378. The van der Waals surface area contributed by atoms with E-state index in [-0.39, 0.29) is 25.2 Å². The average molecular weight is 821 g/mol. The van der Waals surface area contributed by atoms with Gasteiger partial charge in [0.15, 0.2) is 0 Å². The molecule has 4 amide bonds. The molecule has 57 heavy (non-hydrogen) atoms. The molecule has 0 atom stereocenters. The summed E-state index contributed by atoms with van der Waals surface area (Å²) in [5.74, 6) is 1.18. The molecule has 0 bridgehead atoms. The van der Waals surface area contributed by atoms with Crippen LogP contribution >= 0.6 is 15.9 Å². The molecule has 0 saturated heterocycles. The smallest absolute Gasteiger partial charge is 0.350 e. The molecule has 0 spiro atoms. The first-order valence-electron chi connectivity index (χ1n) is 17.6. The zero-order valence-corrected chi connectivity index (χ0v) is 32.4. The Morgan fingerprint density at radius 2 is 0.982 bits per heavy atom. The second-order valence-electron chi connectivity index (χ2n) is 12.3. The lowest BCUT2D eigenvalue weighted by Gasteiger charge is -2.33. The van der Waals surface area contributed by atoms with Crippen LogP contribution in [0.2, 0.25) is 0 Å². The number of carbonyl (C=O) groups is 2. The highest BCUT2D eigenvalue weighted by Gasteiger charge is 2.35. The quantitative estimate of drug-likeness (QED) is 0.150. The monoisotopic (exact) mass is 819 g/mol. The lowest BCUT2D eigenvalue weighted by molar-refractivity contribution is 0.250.